The molecule has 2 saturated carbocycles. The summed E-state index contributed by atoms with van der Waals surface area (Å²) in [7, 11) is 0. The van der Waals surface area contributed by atoms with Gasteiger partial charge >= 0.3 is 0 Å². The third kappa shape index (κ3) is 6.09. The third-order valence-electron chi connectivity index (χ3n) is 6.02. The molecular weight excluding hydrogens is 394 g/mol. The zero-order valence-electron chi connectivity index (χ0n) is 17.9. The maximum atomic E-state index is 12.8. The monoisotopic (exact) mass is 427 g/mol. The largest absolute Gasteiger partial charge is 0.396 e. The topological polar surface area (TPSA) is 88.2 Å². The molecule has 3 rings (SSSR count). The van der Waals surface area contributed by atoms with Crippen LogP contribution >= 0.6 is 11.8 Å². The molecule has 0 radical (unpaired) electrons. The first kappa shape index (κ1) is 22.8. The predicted molar refractivity (Wildman–Crippen MR) is 121 cm³/mol. The molecule has 0 saturated heterocycles. The van der Waals surface area contributed by atoms with Gasteiger partial charge in [-0.2, -0.15) is 5.26 Å². The van der Waals surface area contributed by atoms with Gasteiger partial charge in [0.15, 0.2) is 0 Å². The van der Waals surface area contributed by atoms with Crippen LogP contribution in [0.1, 0.15) is 69.4 Å². The number of amides is 1. The van der Waals surface area contributed by atoms with Crippen LogP contribution < -0.4 is 0 Å². The van der Waals surface area contributed by atoms with Crippen molar-refractivity contribution in [1.29, 1.82) is 10.7 Å². The zero-order valence-corrected chi connectivity index (χ0v) is 18.7. The first-order valence-electron chi connectivity index (χ1n) is 11.2. The van der Waals surface area contributed by atoms with E-state index in [9.17, 15) is 4.79 Å². The molecule has 6 heteroatoms. The van der Waals surface area contributed by atoms with Gasteiger partial charge in [-0.15, -0.1) is 11.8 Å². The van der Waals surface area contributed by atoms with Crippen LogP contribution in [0.15, 0.2) is 23.1 Å². The molecule has 1 amide bonds. The van der Waals surface area contributed by atoms with Crippen LogP contribution in [0.2, 0.25) is 0 Å². The van der Waals surface area contributed by atoms with Crippen molar-refractivity contribution in [2.75, 3.05) is 12.4 Å². The van der Waals surface area contributed by atoms with Crippen molar-refractivity contribution in [3.05, 3.63) is 29.3 Å². The van der Waals surface area contributed by atoms with Gasteiger partial charge in [-0.1, -0.05) is 25.0 Å². The number of nitrogens with zero attached hydrogens (tertiary/aromatic N) is 2. The lowest BCUT2D eigenvalue weighted by Gasteiger charge is -2.24. The number of hydrogen-bond acceptors (Lipinski definition) is 5. The molecule has 2 fully saturated rings. The molecule has 1 unspecified atom stereocenters. The Balaban J connectivity index is 1.78. The molecule has 2 aliphatic carbocycles. The van der Waals surface area contributed by atoms with E-state index in [2.05, 4.69) is 24.3 Å². The number of carbonyl (C=O) groups excluding carboxylic acids is 1. The Hall–Kier alpha value is -1.84. The molecule has 0 bridgehead atoms. The van der Waals surface area contributed by atoms with E-state index in [1.54, 1.807) is 18.7 Å². The summed E-state index contributed by atoms with van der Waals surface area (Å²) < 4.78 is 0. The zero-order chi connectivity index (χ0) is 21.5. The van der Waals surface area contributed by atoms with E-state index in [1.807, 2.05) is 4.90 Å². The molecule has 5 nitrogen and oxygen atoms in total. The maximum absolute atomic E-state index is 12.8. The Morgan fingerprint density at radius 2 is 2.07 bits per heavy atom. The standard InChI is InChI=1S/C24H33N3O2S/c1-17(15-25)13-23(29)27(20-8-9-20)16-18-7-10-21(22(14-18)30-12-4-11-28)24(26)19-5-2-3-6-19/h7,10,14,17,19-20,26,28H,2-6,8-9,11-13,16H2,1H3. The lowest BCUT2D eigenvalue weighted by Crippen LogP contribution is -2.33. The maximum Gasteiger partial charge on any atom is 0.224 e. The quantitative estimate of drug-likeness (QED) is 0.303. The van der Waals surface area contributed by atoms with Gasteiger partial charge in [0.2, 0.25) is 5.91 Å². The van der Waals surface area contributed by atoms with E-state index in [0.29, 0.717) is 18.5 Å². The minimum Gasteiger partial charge on any atom is -0.396 e. The van der Waals surface area contributed by atoms with E-state index in [0.717, 1.165) is 59.6 Å². The van der Waals surface area contributed by atoms with Gasteiger partial charge in [0, 0.05) is 53.5 Å². The van der Waals surface area contributed by atoms with Gasteiger partial charge in [0.25, 0.3) is 0 Å². The van der Waals surface area contributed by atoms with Gasteiger partial charge in [0.05, 0.1) is 12.0 Å². The fourth-order valence-corrected chi connectivity index (χ4v) is 5.18. The number of hydrogen-bond donors (Lipinski definition) is 2. The second kappa shape index (κ2) is 11.0. The van der Waals surface area contributed by atoms with E-state index in [-0.39, 0.29) is 24.9 Å². The van der Waals surface area contributed by atoms with Crippen molar-refractivity contribution in [1.82, 2.24) is 4.90 Å². The Bertz CT molecular complexity index is 794. The van der Waals surface area contributed by atoms with E-state index in [4.69, 9.17) is 15.8 Å². The van der Waals surface area contributed by atoms with Crippen LogP contribution in [0.3, 0.4) is 0 Å². The molecule has 1 aromatic rings. The van der Waals surface area contributed by atoms with Crippen molar-refractivity contribution >= 4 is 23.4 Å². The number of aliphatic hydroxyl groups is 1. The molecule has 2 aliphatic rings. The summed E-state index contributed by atoms with van der Waals surface area (Å²) in [6.07, 6.45) is 7.68. The van der Waals surface area contributed by atoms with Gasteiger partial charge < -0.3 is 15.4 Å². The molecule has 2 N–H and O–H groups in total. The second-order valence-electron chi connectivity index (χ2n) is 8.64. The highest BCUT2D eigenvalue weighted by Gasteiger charge is 2.33. The van der Waals surface area contributed by atoms with Crippen molar-refractivity contribution < 1.29 is 9.90 Å². The average Bonchev–Trinajstić information content (AvgIpc) is 3.44. The number of carbonyl (C=O) groups is 1. The lowest BCUT2D eigenvalue weighted by atomic mass is 9.94. The number of rotatable bonds is 11. The summed E-state index contributed by atoms with van der Waals surface area (Å²) >= 11 is 1.70. The second-order valence-corrected chi connectivity index (χ2v) is 9.78. The highest BCUT2D eigenvalue weighted by atomic mass is 32.2. The summed E-state index contributed by atoms with van der Waals surface area (Å²) in [5, 5.41) is 27.0. The van der Waals surface area contributed by atoms with Crippen LogP contribution in [-0.4, -0.2) is 40.0 Å². The van der Waals surface area contributed by atoms with Gasteiger partial charge in [0.1, 0.15) is 0 Å². The van der Waals surface area contributed by atoms with Crippen LogP contribution in [0.25, 0.3) is 0 Å². The van der Waals surface area contributed by atoms with E-state index < -0.39 is 0 Å². The molecule has 30 heavy (non-hydrogen) atoms. The Labute approximate surface area is 184 Å². The Kier molecular flexibility index (Phi) is 8.35. The molecule has 0 aromatic heterocycles. The molecule has 1 atom stereocenters. The summed E-state index contributed by atoms with van der Waals surface area (Å²) in [5.74, 6) is 0.960. The molecule has 162 valence electrons. The van der Waals surface area contributed by atoms with Gasteiger partial charge in [-0.3, -0.25) is 4.79 Å². The number of nitriles is 1. The molecular formula is C24H33N3O2S. The SMILES string of the molecule is CC(C#N)CC(=O)N(Cc1ccc(C(=N)C2CCCC2)c(SCCCO)c1)C1CC1. The van der Waals surface area contributed by atoms with Gasteiger partial charge in [-0.25, -0.2) is 0 Å². The third-order valence-corrected chi connectivity index (χ3v) is 7.16. The van der Waals surface area contributed by atoms with Crippen LogP contribution in [0.5, 0.6) is 0 Å². The minimum atomic E-state index is -0.266. The van der Waals surface area contributed by atoms with E-state index in [1.165, 1.54) is 12.8 Å². The van der Waals surface area contributed by atoms with Gasteiger partial charge in [-0.05, 0) is 50.7 Å². The summed E-state index contributed by atoms with van der Waals surface area (Å²) in [6, 6.07) is 8.72. The Morgan fingerprint density at radius 1 is 1.33 bits per heavy atom. The number of benzene rings is 1. The van der Waals surface area contributed by atoms with Crippen molar-refractivity contribution in [3.63, 3.8) is 0 Å². The smallest absolute Gasteiger partial charge is 0.224 e. The molecule has 1 aromatic carbocycles. The van der Waals surface area contributed by atoms with Crippen LogP contribution in [0, 0.1) is 28.6 Å². The highest BCUT2D eigenvalue weighted by Crippen LogP contribution is 2.34. The normalized spacial score (nSPS) is 17.5. The summed E-state index contributed by atoms with van der Waals surface area (Å²) in [6.45, 7) is 2.53. The fourth-order valence-electron chi connectivity index (χ4n) is 4.12. The summed E-state index contributed by atoms with van der Waals surface area (Å²) in [5.41, 5.74) is 2.83. The highest BCUT2D eigenvalue weighted by molar-refractivity contribution is 7.99. The first-order chi connectivity index (χ1) is 14.5. The first-order valence-corrected chi connectivity index (χ1v) is 12.2. The van der Waals surface area contributed by atoms with Crippen LogP contribution in [0.4, 0.5) is 0 Å². The average molecular weight is 428 g/mol. The minimum absolute atomic E-state index is 0.0591. The Morgan fingerprint density at radius 3 is 2.70 bits per heavy atom. The van der Waals surface area contributed by atoms with Crippen molar-refractivity contribution in [2.45, 2.75) is 75.8 Å². The van der Waals surface area contributed by atoms with E-state index >= 15 is 0 Å². The van der Waals surface area contributed by atoms with Crippen LogP contribution in [-0.2, 0) is 11.3 Å². The lowest BCUT2D eigenvalue weighted by molar-refractivity contribution is -0.133. The fraction of sp³-hybridized carbons (Fsp3) is 0.625. The van der Waals surface area contributed by atoms with Crippen molar-refractivity contribution in [2.24, 2.45) is 11.8 Å². The summed E-state index contributed by atoms with van der Waals surface area (Å²) in [4.78, 5) is 15.8. The molecule has 0 heterocycles. The number of aliphatic hydroxyl groups excluding tert-OH is 1. The number of thioether (sulfide) groups is 1. The molecule has 0 aliphatic heterocycles. The molecule has 0 spiro atoms. The predicted octanol–water partition coefficient (Wildman–Crippen LogP) is 4.76. The number of nitrogens with one attached hydrogen (secondary N) is 1. The van der Waals surface area contributed by atoms with Crippen molar-refractivity contribution in [3.8, 4) is 6.07 Å².